The van der Waals surface area contributed by atoms with Gasteiger partial charge in [-0.2, -0.15) is 0 Å². The molecule has 13 heavy (non-hydrogen) atoms. The van der Waals surface area contributed by atoms with Crippen LogP contribution in [-0.2, 0) is 4.79 Å². The van der Waals surface area contributed by atoms with Crippen molar-refractivity contribution in [3.8, 4) is 0 Å². The van der Waals surface area contributed by atoms with Crippen molar-refractivity contribution < 1.29 is 15.0 Å². The van der Waals surface area contributed by atoms with Gasteiger partial charge in [0.1, 0.15) is 0 Å². The SMILES string of the molecule is CC(O)CC(C)(O)CC(=O)N(C)C. The highest BCUT2D eigenvalue weighted by molar-refractivity contribution is 5.76. The normalized spacial score (nSPS) is 17.7. The van der Waals surface area contributed by atoms with Gasteiger partial charge in [-0.1, -0.05) is 0 Å². The van der Waals surface area contributed by atoms with E-state index in [1.807, 2.05) is 0 Å². The number of amides is 1. The second kappa shape index (κ2) is 4.58. The molecule has 0 saturated heterocycles. The highest BCUT2D eigenvalue weighted by atomic mass is 16.3. The topological polar surface area (TPSA) is 60.8 Å². The summed E-state index contributed by atoms with van der Waals surface area (Å²) in [5.41, 5.74) is -1.12. The van der Waals surface area contributed by atoms with Gasteiger partial charge >= 0.3 is 0 Å². The van der Waals surface area contributed by atoms with Crippen LogP contribution in [0.15, 0.2) is 0 Å². The fraction of sp³-hybridized carbons (Fsp3) is 0.889. The quantitative estimate of drug-likeness (QED) is 0.653. The summed E-state index contributed by atoms with van der Waals surface area (Å²) in [5, 5.41) is 18.8. The van der Waals surface area contributed by atoms with Crippen molar-refractivity contribution in [2.24, 2.45) is 0 Å². The maximum atomic E-state index is 11.2. The minimum atomic E-state index is -1.12. The average molecular weight is 189 g/mol. The van der Waals surface area contributed by atoms with E-state index in [2.05, 4.69) is 0 Å². The number of aliphatic hydroxyl groups is 2. The van der Waals surface area contributed by atoms with Gasteiger partial charge in [0.05, 0.1) is 18.1 Å². The minimum absolute atomic E-state index is 0.0465. The standard InChI is InChI=1S/C9H19NO3/c1-7(11)5-9(2,13)6-8(12)10(3)4/h7,11,13H,5-6H2,1-4H3. The Labute approximate surface area is 79.2 Å². The van der Waals surface area contributed by atoms with Crippen LogP contribution < -0.4 is 0 Å². The molecule has 0 aromatic rings. The van der Waals surface area contributed by atoms with Crippen LogP contribution in [0.2, 0.25) is 0 Å². The summed E-state index contributed by atoms with van der Waals surface area (Å²) in [6.45, 7) is 3.15. The third kappa shape index (κ3) is 5.60. The molecule has 0 spiro atoms. The van der Waals surface area contributed by atoms with Crippen LogP contribution in [0.4, 0.5) is 0 Å². The molecule has 2 atom stereocenters. The van der Waals surface area contributed by atoms with Gasteiger partial charge in [-0.25, -0.2) is 0 Å². The zero-order valence-electron chi connectivity index (χ0n) is 8.74. The molecule has 0 aliphatic heterocycles. The van der Waals surface area contributed by atoms with Gasteiger partial charge in [0.15, 0.2) is 0 Å². The Morgan fingerprint density at radius 2 is 2.00 bits per heavy atom. The first-order chi connectivity index (χ1) is 5.74. The third-order valence-electron chi connectivity index (χ3n) is 1.77. The molecule has 0 bridgehead atoms. The molecule has 0 aromatic carbocycles. The van der Waals surface area contributed by atoms with Gasteiger partial charge in [-0.05, 0) is 13.8 Å². The summed E-state index contributed by atoms with van der Waals surface area (Å²) in [5.74, 6) is -0.134. The van der Waals surface area contributed by atoms with Crippen LogP contribution in [0.1, 0.15) is 26.7 Å². The number of carbonyl (C=O) groups is 1. The monoisotopic (exact) mass is 189 g/mol. The van der Waals surface area contributed by atoms with E-state index in [-0.39, 0.29) is 18.7 Å². The molecule has 0 radical (unpaired) electrons. The molecule has 2 N–H and O–H groups in total. The minimum Gasteiger partial charge on any atom is -0.393 e. The zero-order chi connectivity index (χ0) is 10.6. The average Bonchev–Trinajstić information content (AvgIpc) is 1.81. The Kier molecular flexibility index (Phi) is 4.36. The van der Waals surface area contributed by atoms with E-state index in [9.17, 15) is 9.90 Å². The Hall–Kier alpha value is -0.610. The number of nitrogens with zero attached hydrogens (tertiary/aromatic N) is 1. The van der Waals surface area contributed by atoms with Crippen LogP contribution in [0.25, 0.3) is 0 Å². The number of hydrogen-bond donors (Lipinski definition) is 2. The Balaban J connectivity index is 4.09. The summed E-state index contributed by atoms with van der Waals surface area (Å²) in [6, 6.07) is 0. The Morgan fingerprint density at radius 1 is 1.54 bits per heavy atom. The first-order valence-corrected chi connectivity index (χ1v) is 4.35. The highest BCUT2D eigenvalue weighted by Crippen LogP contribution is 2.17. The molecule has 2 unspecified atom stereocenters. The lowest BCUT2D eigenvalue weighted by Gasteiger charge is -2.25. The third-order valence-corrected chi connectivity index (χ3v) is 1.77. The van der Waals surface area contributed by atoms with Crippen molar-refractivity contribution in [2.45, 2.75) is 38.4 Å². The molecule has 78 valence electrons. The molecule has 0 rings (SSSR count). The largest absolute Gasteiger partial charge is 0.393 e. The zero-order valence-corrected chi connectivity index (χ0v) is 8.74. The summed E-state index contributed by atoms with van der Waals surface area (Å²) < 4.78 is 0. The van der Waals surface area contributed by atoms with Crippen LogP contribution in [0, 0.1) is 0 Å². The molecular weight excluding hydrogens is 170 g/mol. The van der Waals surface area contributed by atoms with E-state index in [1.54, 1.807) is 27.9 Å². The predicted molar refractivity (Wildman–Crippen MR) is 50.2 cm³/mol. The van der Waals surface area contributed by atoms with Crippen LogP contribution in [0.5, 0.6) is 0 Å². The molecule has 0 aliphatic carbocycles. The lowest BCUT2D eigenvalue weighted by molar-refractivity contribution is -0.134. The molecule has 0 fully saturated rings. The van der Waals surface area contributed by atoms with Crippen molar-refractivity contribution in [3.63, 3.8) is 0 Å². The maximum absolute atomic E-state index is 11.2. The number of carbonyl (C=O) groups excluding carboxylic acids is 1. The first-order valence-electron chi connectivity index (χ1n) is 4.35. The lowest BCUT2D eigenvalue weighted by atomic mass is 9.95. The number of rotatable bonds is 4. The van der Waals surface area contributed by atoms with Crippen LogP contribution in [-0.4, -0.2) is 46.8 Å². The van der Waals surface area contributed by atoms with Crippen LogP contribution in [0.3, 0.4) is 0 Å². The molecule has 0 heterocycles. The molecule has 4 nitrogen and oxygen atoms in total. The van der Waals surface area contributed by atoms with Gasteiger partial charge in [0.2, 0.25) is 5.91 Å². The molecule has 0 aromatic heterocycles. The summed E-state index contributed by atoms with van der Waals surface area (Å²) in [6.07, 6.45) is -0.331. The predicted octanol–water partition coefficient (Wildman–Crippen LogP) is -0.0134. The van der Waals surface area contributed by atoms with Crippen molar-refractivity contribution in [1.82, 2.24) is 4.90 Å². The van der Waals surface area contributed by atoms with E-state index < -0.39 is 11.7 Å². The molecule has 1 amide bonds. The fourth-order valence-corrected chi connectivity index (χ4v) is 1.19. The smallest absolute Gasteiger partial charge is 0.224 e. The Morgan fingerprint density at radius 3 is 2.31 bits per heavy atom. The van der Waals surface area contributed by atoms with Crippen molar-refractivity contribution >= 4 is 5.91 Å². The maximum Gasteiger partial charge on any atom is 0.224 e. The number of aliphatic hydroxyl groups excluding tert-OH is 1. The highest BCUT2D eigenvalue weighted by Gasteiger charge is 2.26. The summed E-state index contributed by atoms with van der Waals surface area (Å²) in [7, 11) is 3.28. The lowest BCUT2D eigenvalue weighted by Crippen LogP contribution is -2.36. The molecular formula is C9H19NO3. The second-order valence-corrected chi connectivity index (χ2v) is 4.02. The van der Waals surface area contributed by atoms with E-state index in [4.69, 9.17) is 5.11 Å². The first kappa shape index (κ1) is 12.4. The van der Waals surface area contributed by atoms with Crippen molar-refractivity contribution in [1.29, 1.82) is 0 Å². The molecule has 0 aliphatic rings. The van der Waals surface area contributed by atoms with Gasteiger partial charge < -0.3 is 15.1 Å². The second-order valence-electron chi connectivity index (χ2n) is 4.02. The fourth-order valence-electron chi connectivity index (χ4n) is 1.19. The van der Waals surface area contributed by atoms with E-state index in [1.165, 1.54) is 4.90 Å². The Bertz CT molecular complexity index is 176. The van der Waals surface area contributed by atoms with Gasteiger partial charge in [0, 0.05) is 20.5 Å². The van der Waals surface area contributed by atoms with Crippen molar-refractivity contribution in [3.05, 3.63) is 0 Å². The van der Waals surface area contributed by atoms with Gasteiger partial charge in [0.25, 0.3) is 0 Å². The van der Waals surface area contributed by atoms with Gasteiger partial charge in [-0.3, -0.25) is 4.79 Å². The van der Waals surface area contributed by atoms with Crippen LogP contribution >= 0.6 is 0 Å². The number of hydrogen-bond acceptors (Lipinski definition) is 3. The molecule has 0 saturated carbocycles. The molecule has 4 heteroatoms. The summed E-state index contributed by atoms with van der Waals surface area (Å²) in [4.78, 5) is 12.7. The van der Waals surface area contributed by atoms with E-state index in [0.29, 0.717) is 0 Å². The van der Waals surface area contributed by atoms with Crippen molar-refractivity contribution in [2.75, 3.05) is 14.1 Å². The van der Waals surface area contributed by atoms with E-state index in [0.717, 1.165) is 0 Å². The summed E-state index contributed by atoms with van der Waals surface area (Å²) >= 11 is 0. The van der Waals surface area contributed by atoms with Gasteiger partial charge in [-0.15, -0.1) is 0 Å². The van der Waals surface area contributed by atoms with E-state index >= 15 is 0 Å².